The van der Waals surface area contributed by atoms with E-state index in [4.69, 9.17) is 5.73 Å². The third-order valence-electron chi connectivity index (χ3n) is 5.18. The number of nitrogens with one attached hydrogen (secondary N) is 1. The number of carbonyl (C=O) groups is 1. The van der Waals surface area contributed by atoms with Gasteiger partial charge in [-0.1, -0.05) is 19.9 Å². The lowest BCUT2D eigenvalue weighted by atomic mass is 9.84. The van der Waals surface area contributed by atoms with E-state index in [0.29, 0.717) is 18.4 Å². The Hall–Kier alpha value is -0.580. The molecule has 0 radical (unpaired) electrons. The van der Waals surface area contributed by atoms with Crippen LogP contribution in [0.2, 0.25) is 0 Å². The Morgan fingerprint density at radius 2 is 2.14 bits per heavy atom. The van der Waals surface area contributed by atoms with Crippen molar-refractivity contribution in [3.05, 3.63) is 22.4 Å². The smallest absolute Gasteiger partial charge is 0.224 e. The average molecular weight is 329 g/mol. The first-order valence-corrected chi connectivity index (χ1v) is 8.44. The number of hydrogen-bond acceptors (Lipinski definition) is 3. The standard InChI is InChI=1S/C16H24N2OS.ClH/c1-16(2,12-4-3-7-20-12)9-18-15(19)13-10-5-6-11(8-10)14(13)17;/h3-4,7,10-11,13-14H,5-6,8-9,17H2,1-2H3,(H,18,19);1H. The molecular formula is C16H25ClN2OS. The molecule has 2 fully saturated rings. The van der Waals surface area contributed by atoms with Crippen molar-refractivity contribution >= 4 is 29.7 Å². The Balaban J connectivity index is 0.00000161. The van der Waals surface area contributed by atoms with Gasteiger partial charge in [0.25, 0.3) is 0 Å². The maximum absolute atomic E-state index is 12.5. The molecule has 2 aliphatic carbocycles. The molecule has 3 nitrogen and oxygen atoms in total. The zero-order valence-corrected chi connectivity index (χ0v) is 14.3. The molecule has 4 unspecified atom stereocenters. The minimum absolute atomic E-state index is 0. The number of rotatable bonds is 4. The number of amides is 1. The summed E-state index contributed by atoms with van der Waals surface area (Å²) in [6.45, 7) is 5.05. The van der Waals surface area contributed by atoms with Crippen LogP contribution in [0.15, 0.2) is 17.5 Å². The van der Waals surface area contributed by atoms with Crippen molar-refractivity contribution in [2.45, 2.75) is 44.6 Å². The van der Waals surface area contributed by atoms with Crippen molar-refractivity contribution in [2.75, 3.05) is 6.54 Å². The van der Waals surface area contributed by atoms with Gasteiger partial charge < -0.3 is 11.1 Å². The van der Waals surface area contributed by atoms with Crippen molar-refractivity contribution in [1.29, 1.82) is 0 Å². The predicted octanol–water partition coefficient (Wildman–Crippen LogP) is 2.94. The lowest BCUT2D eigenvalue weighted by Crippen LogP contribution is -2.47. The first-order valence-electron chi connectivity index (χ1n) is 7.56. The molecule has 3 rings (SSSR count). The molecule has 5 heteroatoms. The summed E-state index contributed by atoms with van der Waals surface area (Å²) in [4.78, 5) is 13.8. The number of thiophene rings is 1. The highest BCUT2D eigenvalue weighted by atomic mass is 35.5. The van der Waals surface area contributed by atoms with Gasteiger partial charge in [0.1, 0.15) is 0 Å². The van der Waals surface area contributed by atoms with E-state index < -0.39 is 0 Å². The molecule has 1 heterocycles. The first-order chi connectivity index (χ1) is 9.49. The van der Waals surface area contributed by atoms with Crippen LogP contribution >= 0.6 is 23.7 Å². The predicted molar refractivity (Wildman–Crippen MR) is 89.9 cm³/mol. The van der Waals surface area contributed by atoms with Crippen LogP contribution in [0.25, 0.3) is 0 Å². The fourth-order valence-electron chi connectivity index (χ4n) is 3.90. The molecule has 3 N–H and O–H groups in total. The Kier molecular flexibility index (Phi) is 5.01. The minimum Gasteiger partial charge on any atom is -0.355 e. The monoisotopic (exact) mass is 328 g/mol. The molecule has 1 aromatic heterocycles. The van der Waals surface area contributed by atoms with Crippen molar-refractivity contribution in [2.24, 2.45) is 23.5 Å². The van der Waals surface area contributed by atoms with Crippen molar-refractivity contribution in [1.82, 2.24) is 5.32 Å². The van der Waals surface area contributed by atoms with Crippen LogP contribution < -0.4 is 11.1 Å². The largest absolute Gasteiger partial charge is 0.355 e. The Labute approximate surface area is 137 Å². The summed E-state index contributed by atoms with van der Waals surface area (Å²) in [5.41, 5.74) is 6.23. The zero-order valence-electron chi connectivity index (χ0n) is 12.7. The van der Waals surface area contributed by atoms with Crippen molar-refractivity contribution in [3.63, 3.8) is 0 Å². The van der Waals surface area contributed by atoms with Crippen LogP contribution in [0.5, 0.6) is 0 Å². The van der Waals surface area contributed by atoms with Gasteiger partial charge in [-0.2, -0.15) is 0 Å². The highest BCUT2D eigenvalue weighted by molar-refractivity contribution is 7.10. The molecular weight excluding hydrogens is 304 g/mol. The minimum atomic E-state index is -0.00839. The molecule has 118 valence electrons. The molecule has 2 aliphatic rings. The van der Waals surface area contributed by atoms with Gasteiger partial charge in [-0.3, -0.25) is 4.79 Å². The summed E-state index contributed by atoms with van der Waals surface area (Å²) in [7, 11) is 0. The highest BCUT2D eigenvalue weighted by Crippen LogP contribution is 2.47. The third-order valence-corrected chi connectivity index (χ3v) is 6.41. The molecule has 4 atom stereocenters. The van der Waals surface area contributed by atoms with E-state index in [-0.39, 0.29) is 35.7 Å². The fourth-order valence-corrected chi connectivity index (χ4v) is 4.75. The van der Waals surface area contributed by atoms with Gasteiger partial charge in [-0.05, 0) is 42.5 Å². The van der Waals surface area contributed by atoms with Crippen molar-refractivity contribution in [3.8, 4) is 0 Å². The van der Waals surface area contributed by atoms with E-state index in [9.17, 15) is 4.79 Å². The normalized spacial score (nSPS) is 31.0. The number of nitrogens with two attached hydrogens (primary N) is 1. The van der Waals surface area contributed by atoms with Gasteiger partial charge in [0.05, 0.1) is 5.92 Å². The Morgan fingerprint density at radius 3 is 2.71 bits per heavy atom. The Morgan fingerprint density at radius 1 is 1.43 bits per heavy atom. The molecule has 0 spiro atoms. The maximum atomic E-state index is 12.5. The van der Waals surface area contributed by atoms with Gasteiger partial charge in [0.15, 0.2) is 0 Å². The lowest BCUT2D eigenvalue weighted by Gasteiger charge is -2.29. The number of fused-ring (bicyclic) bond motifs is 2. The molecule has 1 amide bonds. The van der Waals surface area contributed by atoms with E-state index in [0.717, 1.165) is 6.42 Å². The van der Waals surface area contributed by atoms with Crippen LogP contribution in [-0.4, -0.2) is 18.5 Å². The summed E-state index contributed by atoms with van der Waals surface area (Å²) in [6, 6.07) is 4.29. The van der Waals surface area contributed by atoms with Crippen LogP contribution in [0.3, 0.4) is 0 Å². The fraction of sp³-hybridized carbons (Fsp3) is 0.688. The Bertz CT molecular complexity index is 486. The maximum Gasteiger partial charge on any atom is 0.224 e. The van der Waals surface area contributed by atoms with Gasteiger partial charge >= 0.3 is 0 Å². The van der Waals surface area contributed by atoms with Gasteiger partial charge in [-0.25, -0.2) is 0 Å². The van der Waals surface area contributed by atoms with E-state index in [1.54, 1.807) is 11.3 Å². The lowest BCUT2D eigenvalue weighted by molar-refractivity contribution is -0.127. The molecule has 0 saturated heterocycles. The van der Waals surface area contributed by atoms with Crippen LogP contribution in [0, 0.1) is 17.8 Å². The van der Waals surface area contributed by atoms with E-state index in [1.807, 2.05) is 0 Å². The third kappa shape index (κ3) is 3.13. The zero-order chi connectivity index (χ0) is 14.3. The quantitative estimate of drug-likeness (QED) is 0.892. The molecule has 0 aliphatic heterocycles. The van der Waals surface area contributed by atoms with Crippen LogP contribution in [-0.2, 0) is 10.2 Å². The summed E-state index contributed by atoms with van der Waals surface area (Å²) < 4.78 is 0. The summed E-state index contributed by atoms with van der Waals surface area (Å²) >= 11 is 1.75. The highest BCUT2D eigenvalue weighted by Gasteiger charge is 2.49. The summed E-state index contributed by atoms with van der Waals surface area (Å²) in [5.74, 6) is 1.34. The second-order valence-electron chi connectivity index (χ2n) is 7.02. The molecule has 21 heavy (non-hydrogen) atoms. The SMILES string of the molecule is CC(C)(CNC(=O)C1C2CCC(C2)C1N)c1cccs1.Cl. The van der Waals surface area contributed by atoms with Crippen LogP contribution in [0.1, 0.15) is 38.0 Å². The van der Waals surface area contributed by atoms with Crippen LogP contribution in [0.4, 0.5) is 0 Å². The average Bonchev–Trinajstić information content (AvgIpc) is 3.12. The number of halogens is 1. The first kappa shape index (κ1) is 16.8. The number of hydrogen-bond donors (Lipinski definition) is 2. The van der Waals surface area contributed by atoms with Crippen molar-refractivity contribution < 1.29 is 4.79 Å². The van der Waals surface area contributed by atoms with E-state index in [1.165, 1.54) is 17.7 Å². The van der Waals surface area contributed by atoms with Gasteiger partial charge in [0.2, 0.25) is 5.91 Å². The van der Waals surface area contributed by atoms with Gasteiger partial charge in [0, 0.05) is 22.9 Å². The molecule has 1 aromatic rings. The van der Waals surface area contributed by atoms with Gasteiger partial charge in [-0.15, -0.1) is 23.7 Å². The van der Waals surface area contributed by atoms with E-state index >= 15 is 0 Å². The second kappa shape index (κ2) is 6.27. The molecule has 2 bridgehead atoms. The summed E-state index contributed by atoms with van der Waals surface area (Å²) in [6.07, 6.45) is 3.56. The number of carbonyl (C=O) groups excluding carboxylic acids is 1. The van der Waals surface area contributed by atoms with E-state index in [2.05, 4.69) is 36.7 Å². The summed E-state index contributed by atoms with van der Waals surface area (Å²) in [5, 5.41) is 5.24. The molecule has 2 saturated carbocycles. The molecule has 0 aromatic carbocycles. The second-order valence-corrected chi connectivity index (χ2v) is 7.96. The topological polar surface area (TPSA) is 55.1 Å².